The van der Waals surface area contributed by atoms with Crippen LogP contribution in [0.25, 0.3) is 0 Å². The zero-order valence-corrected chi connectivity index (χ0v) is 13.8. The molecule has 3 rings (SSSR count). The first kappa shape index (κ1) is 16.2. The summed E-state index contributed by atoms with van der Waals surface area (Å²) in [6.45, 7) is 1.24. The monoisotopic (exact) mass is 322 g/mol. The number of rotatable bonds is 3. The van der Waals surface area contributed by atoms with Crippen LogP contribution in [0.15, 0.2) is 0 Å². The van der Waals surface area contributed by atoms with E-state index in [9.17, 15) is 9.90 Å². The fourth-order valence-electron chi connectivity index (χ4n) is 3.62. The van der Waals surface area contributed by atoms with E-state index in [1.54, 1.807) is 4.90 Å². The van der Waals surface area contributed by atoms with Crippen molar-refractivity contribution < 1.29 is 14.6 Å². The van der Waals surface area contributed by atoms with E-state index >= 15 is 0 Å². The number of likely N-dealkylation sites (tertiary alicyclic amines) is 1. The molecule has 0 spiro atoms. The lowest BCUT2D eigenvalue weighted by Gasteiger charge is -2.33. The Hall–Kier alpha value is -1.63. The van der Waals surface area contributed by atoms with Gasteiger partial charge in [-0.1, -0.05) is 6.42 Å². The lowest BCUT2D eigenvalue weighted by molar-refractivity contribution is 0.0393. The molecular formula is C16H26N4O3. The minimum atomic E-state index is -0.189. The Bertz CT molecular complexity index is 539. The SMILES string of the molecule is Cn1c(CO)nnc1C1CCCN(C(=O)OC2CCCCC2)C1. The minimum Gasteiger partial charge on any atom is -0.446 e. The van der Waals surface area contributed by atoms with Gasteiger partial charge in [-0.25, -0.2) is 4.79 Å². The highest BCUT2D eigenvalue weighted by Gasteiger charge is 2.30. The highest BCUT2D eigenvalue weighted by atomic mass is 16.6. The van der Waals surface area contributed by atoms with E-state index in [0.717, 1.165) is 50.9 Å². The topological polar surface area (TPSA) is 80.5 Å². The van der Waals surface area contributed by atoms with Crippen molar-refractivity contribution in [1.82, 2.24) is 19.7 Å². The summed E-state index contributed by atoms with van der Waals surface area (Å²) in [6, 6.07) is 0. The minimum absolute atomic E-state index is 0.0902. The molecule has 1 atom stereocenters. The fourth-order valence-corrected chi connectivity index (χ4v) is 3.62. The maximum Gasteiger partial charge on any atom is 0.410 e. The molecule has 23 heavy (non-hydrogen) atoms. The number of piperidine rings is 1. The average Bonchev–Trinajstić information content (AvgIpc) is 2.96. The number of aliphatic hydroxyl groups is 1. The largest absolute Gasteiger partial charge is 0.446 e. The van der Waals surface area contributed by atoms with Gasteiger partial charge in [0.1, 0.15) is 18.5 Å². The lowest BCUT2D eigenvalue weighted by atomic mass is 9.97. The van der Waals surface area contributed by atoms with Crippen molar-refractivity contribution in [3.05, 3.63) is 11.6 Å². The first-order valence-corrected chi connectivity index (χ1v) is 8.63. The van der Waals surface area contributed by atoms with Crippen molar-refractivity contribution in [2.24, 2.45) is 7.05 Å². The molecule has 1 amide bonds. The highest BCUT2D eigenvalue weighted by Crippen LogP contribution is 2.27. The van der Waals surface area contributed by atoms with Crippen molar-refractivity contribution in [3.8, 4) is 0 Å². The van der Waals surface area contributed by atoms with Crippen molar-refractivity contribution in [3.63, 3.8) is 0 Å². The van der Waals surface area contributed by atoms with E-state index in [0.29, 0.717) is 12.4 Å². The molecular weight excluding hydrogens is 296 g/mol. The molecule has 0 bridgehead atoms. The summed E-state index contributed by atoms with van der Waals surface area (Å²) in [5.74, 6) is 1.55. The number of aliphatic hydroxyl groups excluding tert-OH is 1. The zero-order valence-electron chi connectivity index (χ0n) is 13.8. The van der Waals surface area contributed by atoms with Gasteiger partial charge < -0.3 is 19.3 Å². The van der Waals surface area contributed by atoms with Crippen LogP contribution in [0.2, 0.25) is 0 Å². The summed E-state index contributed by atoms with van der Waals surface area (Å²) in [7, 11) is 1.86. The molecule has 1 aromatic rings. The van der Waals surface area contributed by atoms with Gasteiger partial charge in [0.05, 0.1) is 0 Å². The molecule has 7 nitrogen and oxygen atoms in total. The number of ether oxygens (including phenoxy) is 1. The van der Waals surface area contributed by atoms with E-state index < -0.39 is 0 Å². The van der Waals surface area contributed by atoms with Gasteiger partial charge in [-0.3, -0.25) is 0 Å². The van der Waals surface area contributed by atoms with Crippen LogP contribution in [0, 0.1) is 0 Å². The van der Waals surface area contributed by atoms with Crippen molar-refractivity contribution in [2.75, 3.05) is 13.1 Å². The smallest absolute Gasteiger partial charge is 0.410 e. The number of hydrogen-bond donors (Lipinski definition) is 1. The van der Waals surface area contributed by atoms with Crippen LogP contribution in [-0.2, 0) is 18.4 Å². The van der Waals surface area contributed by atoms with E-state index in [1.165, 1.54) is 6.42 Å². The molecule has 1 aliphatic heterocycles. The van der Waals surface area contributed by atoms with Gasteiger partial charge in [0.25, 0.3) is 0 Å². The zero-order chi connectivity index (χ0) is 16.2. The molecule has 1 unspecified atom stereocenters. The maximum atomic E-state index is 12.4. The Labute approximate surface area is 136 Å². The molecule has 0 radical (unpaired) electrons. The summed E-state index contributed by atoms with van der Waals surface area (Å²) >= 11 is 0. The molecule has 1 saturated carbocycles. The summed E-state index contributed by atoms with van der Waals surface area (Å²) in [5.41, 5.74) is 0. The molecule has 1 aromatic heterocycles. The summed E-state index contributed by atoms with van der Waals surface area (Å²) < 4.78 is 7.51. The third kappa shape index (κ3) is 3.65. The first-order chi connectivity index (χ1) is 11.2. The quantitative estimate of drug-likeness (QED) is 0.920. The predicted molar refractivity (Wildman–Crippen MR) is 83.8 cm³/mol. The van der Waals surface area contributed by atoms with Crippen LogP contribution >= 0.6 is 0 Å². The Kier molecular flexibility index (Phi) is 5.15. The normalized spacial score (nSPS) is 23.0. The van der Waals surface area contributed by atoms with Gasteiger partial charge in [-0.15, -0.1) is 10.2 Å². The number of amides is 1. The van der Waals surface area contributed by atoms with Gasteiger partial charge in [0.15, 0.2) is 5.82 Å². The number of aromatic nitrogens is 3. The van der Waals surface area contributed by atoms with Gasteiger partial charge in [-0.2, -0.15) is 0 Å². The van der Waals surface area contributed by atoms with Crippen LogP contribution in [0.4, 0.5) is 4.79 Å². The molecule has 1 aliphatic carbocycles. The van der Waals surface area contributed by atoms with Crippen molar-refractivity contribution in [2.45, 2.75) is 63.6 Å². The van der Waals surface area contributed by atoms with Crippen LogP contribution in [0.3, 0.4) is 0 Å². The number of hydrogen-bond acceptors (Lipinski definition) is 5. The molecule has 128 valence electrons. The van der Waals surface area contributed by atoms with Crippen molar-refractivity contribution in [1.29, 1.82) is 0 Å². The van der Waals surface area contributed by atoms with Gasteiger partial charge in [0.2, 0.25) is 0 Å². The highest BCUT2D eigenvalue weighted by molar-refractivity contribution is 5.68. The van der Waals surface area contributed by atoms with Gasteiger partial charge >= 0.3 is 6.09 Å². The van der Waals surface area contributed by atoms with Crippen molar-refractivity contribution >= 4 is 6.09 Å². The average molecular weight is 322 g/mol. The molecule has 1 N–H and O–H groups in total. The Morgan fingerprint density at radius 1 is 1.22 bits per heavy atom. The predicted octanol–water partition coefficient (Wildman–Crippen LogP) is 1.96. The molecule has 0 aromatic carbocycles. The van der Waals surface area contributed by atoms with E-state index in [1.807, 2.05) is 11.6 Å². The number of carbonyl (C=O) groups excluding carboxylic acids is 1. The standard InChI is InChI=1S/C16H26N4O3/c1-19-14(11-21)17-18-15(19)12-6-5-9-20(10-12)16(22)23-13-7-3-2-4-8-13/h12-13,21H,2-11H2,1H3. The lowest BCUT2D eigenvalue weighted by Crippen LogP contribution is -2.41. The Balaban J connectivity index is 1.60. The first-order valence-electron chi connectivity index (χ1n) is 8.63. The second-order valence-corrected chi connectivity index (χ2v) is 6.62. The Morgan fingerprint density at radius 2 is 2.00 bits per heavy atom. The van der Waals surface area contributed by atoms with Gasteiger partial charge in [-0.05, 0) is 38.5 Å². The summed E-state index contributed by atoms with van der Waals surface area (Å²) in [5, 5.41) is 17.4. The van der Waals surface area contributed by atoms with E-state index in [2.05, 4.69) is 10.2 Å². The summed E-state index contributed by atoms with van der Waals surface area (Å²) in [4.78, 5) is 14.2. The molecule has 7 heteroatoms. The van der Waals surface area contributed by atoms with Crippen LogP contribution < -0.4 is 0 Å². The number of nitrogens with zero attached hydrogens (tertiary/aromatic N) is 4. The second-order valence-electron chi connectivity index (χ2n) is 6.62. The van der Waals surface area contributed by atoms with Gasteiger partial charge in [0, 0.05) is 26.1 Å². The third-order valence-corrected chi connectivity index (χ3v) is 5.00. The van der Waals surface area contributed by atoms with Crippen LogP contribution in [-0.4, -0.2) is 50.1 Å². The third-order valence-electron chi connectivity index (χ3n) is 5.00. The summed E-state index contributed by atoms with van der Waals surface area (Å²) in [6.07, 6.45) is 7.36. The molecule has 1 saturated heterocycles. The maximum absolute atomic E-state index is 12.4. The second kappa shape index (κ2) is 7.29. The van der Waals surface area contributed by atoms with Crippen LogP contribution in [0.5, 0.6) is 0 Å². The number of carbonyl (C=O) groups is 1. The molecule has 2 heterocycles. The van der Waals surface area contributed by atoms with Crippen LogP contribution in [0.1, 0.15) is 62.5 Å². The molecule has 2 aliphatic rings. The van der Waals surface area contributed by atoms with E-state index in [-0.39, 0.29) is 24.7 Å². The van der Waals surface area contributed by atoms with E-state index in [4.69, 9.17) is 4.74 Å². The fraction of sp³-hybridized carbons (Fsp3) is 0.812. The Morgan fingerprint density at radius 3 is 2.70 bits per heavy atom. The molecule has 2 fully saturated rings.